The second-order valence-corrected chi connectivity index (χ2v) is 5.46. The average Bonchev–Trinajstić information content (AvgIpc) is 2.57. The minimum atomic E-state index is 0.721. The highest BCUT2D eigenvalue weighted by atomic mass is 16.4. The van der Waals surface area contributed by atoms with Crippen LogP contribution in [0.15, 0.2) is 77.0 Å². The lowest BCUT2D eigenvalue weighted by atomic mass is 9.86. The molecule has 0 unspecified atom stereocenters. The summed E-state index contributed by atoms with van der Waals surface area (Å²) in [5.41, 5.74) is 5.20. The van der Waals surface area contributed by atoms with Crippen molar-refractivity contribution in [1.82, 2.24) is 0 Å². The Labute approximate surface area is 131 Å². The Morgan fingerprint density at radius 3 is 1.59 bits per heavy atom. The van der Waals surface area contributed by atoms with E-state index in [1.807, 2.05) is 36.4 Å². The van der Waals surface area contributed by atoms with Crippen molar-refractivity contribution in [1.29, 1.82) is 0 Å². The molecule has 0 spiro atoms. The third kappa shape index (κ3) is 3.34. The molecule has 0 amide bonds. The van der Waals surface area contributed by atoms with Gasteiger partial charge in [-0.2, -0.15) is 0 Å². The van der Waals surface area contributed by atoms with E-state index in [1.54, 1.807) is 0 Å². The normalized spacial score (nSPS) is 20.6. The molecule has 1 aliphatic rings. The maximum atomic E-state index is 9.49. The first kappa shape index (κ1) is 14.3. The van der Waals surface area contributed by atoms with Gasteiger partial charge in [-0.1, -0.05) is 65.8 Å². The van der Waals surface area contributed by atoms with Gasteiger partial charge in [0.15, 0.2) is 0 Å². The molecule has 0 bridgehead atoms. The third-order valence-electron chi connectivity index (χ3n) is 3.88. The van der Waals surface area contributed by atoms with Crippen LogP contribution in [0.2, 0.25) is 0 Å². The molecule has 0 atom stereocenters. The van der Waals surface area contributed by atoms with Gasteiger partial charge in [0.1, 0.15) is 5.71 Å². The number of hydrogen-bond acceptors (Lipinski definition) is 2. The van der Waals surface area contributed by atoms with Crippen LogP contribution in [0.25, 0.3) is 12.2 Å². The van der Waals surface area contributed by atoms with Crippen LogP contribution in [0.5, 0.6) is 0 Å². The monoisotopic (exact) mass is 289 g/mol. The number of allylic oxidation sites excluding steroid dienone is 2. The van der Waals surface area contributed by atoms with E-state index in [9.17, 15) is 5.21 Å². The van der Waals surface area contributed by atoms with Crippen LogP contribution >= 0.6 is 0 Å². The van der Waals surface area contributed by atoms with Crippen LogP contribution in [-0.4, -0.2) is 10.9 Å². The molecule has 2 heteroatoms. The number of rotatable bonds is 2. The van der Waals surface area contributed by atoms with E-state index < -0.39 is 0 Å². The maximum absolute atomic E-state index is 9.49. The lowest BCUT2D eigenvalue weighted by Crippen LogP contribution is -2.13. The maximum Gasteiger partial charge on any atom is 0.109 e. The molecule has 1 fully saturated rings. The summed E-state index contributed by atoms with van der Waals surface area (Å²) < 4.78 is 0. The Morgan fingerprint density at radius 1 is 0.727 bits per heavy atom. The van der Waals surface area contributed by atoms with Crippen LogP contribution in [0.4, 0.5) is 0 Å². The molecule has 1 saturated carbocycles. The fourth-order valence-corrected chi connectivity index (χ4v) is 2.82. The predicted molar refractivity (Wildman–Crippen MR) is 91.9 cm³/mol. The van der Waals surface area contributed by atoms with Gasteiger partial charge in [-0.05, 0) is 53.7 Å². The molecule has 1 N–H and O–H groups in total. The Hall–Kier alpha value is -2.61. The summed E-state index contributed by atoms with van der Waals surface area (Å²) in [5, 5.41) is 13.1. The number of oxime groups is 1. The van der Waals surface area contributed by atoms with Crippen LogP contribution < -0.4 is 0 Å². The van der Waals surface area contributed by atoms with Crippen molar-refractivity contribution in [3.05, 3.63) is 82.9 Å². The molecule has 0 aromatic heterocycles. The Bertz CT molecular complexity index is 652. The fourth-order valence-electron chi connectivity index (χ4n) is 2.82. The minimum Gasteiger partial charge on any atom is -0.410 e. The van der Waals surface area contributed by atoms with E-state index >= 15 is 0 Å². The topological polar surface area (TPSA) is 32.6 Å². The molecule has 0 heterocycles. The van der Waals surface area contributed by atoms with Crippen molar-refractivity contribution in [2.24, 2.45) is 5.16 Å². The Kier molecular flexibility index (Phi) is 4.50. The van der Waals surface area contributed by atoms with E-state index in [0.29, 0.717) is 0 Å². The van der Waals surface area contributed by atoms with Gasteiger partial charge in [-0.25, -0.2) is 0 Å². The zero-order valence-electron chi connectivity index (χ0n) is 12.4. The summed E-state index contributed by atoms with van der Waals surface area (Å²) in [6, 6.07) is 20.4. The average molecular weight is 289 g/mol. The van der Waals surface area contributed by atoms with Crippen molar-refractivity contribution in [3.8, 4) is 0 Å². The number of nitrogens with zero attached hydrogens (tertiary/aromatic N) is 1. The van der Waals surface area contributed by atoms with E-state index in [1.165, 1.54) is 0 Å². The van der Waals surface area contributed by atoms with Gasteiger partial charge in [-0.15, -0.1) is 0 Å². The Balaban J connectivity index is 1.94. The second-order valence-electron chi connectivity index (χ2n) is 5.46. The van der Waals surface area contributed by atoms with E-state index in [4.69, 9.17) is 0 Å². The lowest BCUT2D eigenvalue weighted by Gasteiger charge is -2.19. The molecule has 1 aliphatic carbocycles. The van der Waals surface area contributed by atoms with Gasteiger partial charge in [0.05, 0.1) is 0 Å². The summed E-state index contributed by atoms with van der Waals surface area (Å²) in [6.45, 7) is 0. The highest BCUT2D eigenvalue weighted by molar-refractivity contribution is 6.17. The van der Waals surface area contributed by atoms with Gasteiger partial charge in [0.2, 0.25) is 0 Å². The van der Waals surface area contributed by atoms with Gasteiger partial charge in [-0.3, -0.25) is 0 Å². The zero-order chi connectivity index (χ0) is 15.2. The standard InChI is InChI=1S/C20H19NO/c22-21-20-18(14-16-8-3-1-4-9-16)12-7-13-19(20)15-17-10-5-2-6-11-17/h1-6,8-11,14-15,22H,7,12-13H2/b18-14-,19-15+,21-20?. The first-order valence-corrected chi connectivity index (χ1v) is 7.61. The van der Waals surface area contributed by atoms with Gasteiger partial charge in [0.25, 0.3) is 0 Å². The first-order chi connectivity index (χ1) is 10.9. The zero-order valence-corrected chi connectivity index (χ0v) is 12.4. The van der Waals surface area contributed by atoms with Gasteiger partial charge < -0.3 is 5.21 Å². The summed E-state index contributed by atoms with van der Waals surface area (Å²) in [6.07, 6.45) is 7.21. The highest BCUT2D eigenvalue weighted by Crippen LogP contribution is 2.29. The SMILES string of the molecule is ON=C1/C(=C\c2ccccc2)CCC/C1=C\c1ccccc1. The smallest absolute Gasteiger partial charge is 0.109 e. The predicted octanol–water partition coefficient (Wildman–Crippen LogP) is 5.17. The largest absolute Gasteiger partial charge is 0.410 e. The van der Waals surface area contributed by atoms with Crippen molar-refractivity contribution < 1.29 is 5.21 Å². The molecule has 0 saturated heterocycles. The molecule has 2 aromatic carbocycles. The third-order valence-corrected chi connectivity index (χ3v) is 3.88. The van der Waals surface area contributed by atoms with Crippen molar-refractivity contribution in [3.63, 3.8) is 0 Å². The van der Waals surface area contributed by atoms with Crippen molar-refractivity contribution >= 4 is 17.9 Å². The molecule has 22 heavy (non-hydrogen) atoms. The molecule has 110 valence electrons. The summed E-state index contributed by atoms with van der Waals surface area (Å²) in [4.78, 5) is 0. The van der Waals surface area contributed by atoms with Crippen LogP contribution in [0.3, 0.4) is 0 Å². The first-order valence-electron chi connectivity index (χ1n) is 7.61. The fraction of sp³-hybridized carbons (Fsp3) is 0.150. The number of benzene rings is 2. The van der Waals surface area contributed by atoms with Gasteiger partial charge in [0, 0.05) is 0 Å². The van der Waals surface area contributed by atoms with Gasteiger partial charge >= 0.3 is 0 Å². The van der Waals surface area contributed by atoms with Crippen LogP contribution in [-0.2, 0) is 0 Å². The second kappa shape index (κ2) is 6.90. The summed E-state index contributed by atoms with van der Waals surface area (Å²) in [5.74, 6) is 0. The Morgan fingerprint density at radius 2 is 1.18 bits per heavy atom. The van der Waals surface area contributed by atoms with Crippen LogP contribution in [0.1, 0.15) is 30.4 Å². The van der Waals surface area contributed by atoms with E-state index in [0.717, 1.165) is 47.2 Å². The van der Waals surface area contributed by atoms with E-state index in [-0.39, 0.29) is 0 Å². The molecule has 2 aromatic rings. The quantitative estimate of drug-likeness (QED) is 0.600. The molecule has 2 nitrogen and oxygen atoms in total. The number of hydrogen-bond donors (Lipinski definition) is 1. The van der Waals surface area contributed by atoms with E-state index in [2.05, 4.69) is 41.6 Å². The summed E-state index contributed by atoms with van der Waals surface area (Å²) in [7, 11) is 0. The molecule has 0 radical (unpaired) electrons. The lowest BCUT2D eigenvalue weighted by molar-refractivity contribution is 0.318. The molecule has 0 aliphatic heterocycles. The highest BCUT2D eigenvalue weighted by Gasteiger charge is 2.19. The van der Waals surface area contributed by atoms with Crippen LogP contribution in [0, 0.1) is 0 Å². The molecular formula is C20H19NO. The van der Waals surface area contributed by atoms with Crippen molar-refractivity contribution in [2.45, 2.75) is 19.3 Å². The minimum absolute atomic E-state index is 0.721. The van der Waals surface area contributed by atoms with Crippen molar-refractivity contribution in [2.75, 3.05) is 0 Å². The summed E-state index contributed by atoms with van der Waals surface area (Å²) >= 11 is 0. The molecular weight excluding hydrogens is 270 g/mol. The molecule has 3 rings (SSSR count).